The van der Waals surface area contributed by atoms with Crippen molar-refractivity contribution in [1.29, 1.82) is 0 Å². The molecule has 0 aromatic heterocycles. The highest BCUT2D eigenvalue weighted by Crippen LogP contribution is 2.27. The molecule has 0 saturated carbocycles. The summed E-state index contributed by atoms with van der Waals surface area (Å²) in [5, 5.41) is 2.11. The van der Waals surface area contributed by atoms with Gasteiger partial charge in [-0.1, -0.05) is 58.4 Å². The first-order valence-corrected chi connectivity index (χ1v) is 9.59. The molecule has 6 heteroatoms. The molecular weight excluding hydrogens is 390 g/mol. The van der Waals surface area contributed by atoms with Crippen molar-refractivity contribution >= 4 is 36.7 Å². The van der Waals surface area contributed by atoms with Crippen LogP contribution in [-0.2, 0) is 16.6 Å². The summed E-state index contributed by atoms with van der Waals surface area (Å²) in [6.45, 7) is 0.208. The van der Waals surface area contributed by atoms with E-state index in [0.29, 0.717) is 10.2 Å². The third kappa shape index (κ3) is 3.45. The molecule has 124 valence electrons. The number of rotatable bonds is 5. The minimum atomic E-state index is -3.70. The van der Waals surface area contributed by atoms with Gasteiger partial charge in [-0.15, -0.1) is 0 Å². The monoisotopic (exact) mass is 405 g/mol. The summed E-state index contributed by atoms with van der Waals surface area (Å²) in [5.41, 5.74) is 0.922. The molecule has 24 heavy (non-hydrogen) atoms. The lowest BCUT2D eigenvalue weighted by Gasteiger charge is -2.12. The summed E-state index contributed by atoms with van der Waals surface area (Å²) in [4.78, 5) is 0.111. The molecule has 0 aliphatic rings. The van der Waals surface area contributed by atoms with Crippen molar-refractivity contribution in [2.75, 3.05) is 7.11 Å². The van der Waals surface area contributed by atoms with Crippen molar-refractivity contribution in [3.8, 4) is 5.75 Å². The van der Waals surface area contributed by atoms with Crippen LogP contribution in [0.15, 0.2) is 70.0 Å². The fourth-order valence-electron chi connectivity index (χ4n) is 2.56. The van der Waals surface area contributed by atoms with Gasteiger partial charge in [0.05, 0.1) is 7.11 Å². The van der Waals surface area contributed by atoms with E-state index in [9.17, 15) is 8.42 Å². The molecule has 0 saturated heterocycles. The maximum Gasteiger partial charge on any atom is 0.244 e. The zero-order valence-corrected chi connectivity index (χ0v) is 15.4. The number of hydrogen-bond donors (Lipinski definition) is 1. The van der Waals surface area contributed by atoms with Gasteiger partial charge in [0, 0.05) is 11.0 Å². The SMILES string of the molecule is COc1ccc(Br)cc1S(=O)(=O)NCc1cccc2ccccc12. The maximum atomic E-state index is 12.7. The van der Waals surface area contributed by atoms with Crippen molar-refractivity contribution in [2.24, 2.45) is 0 Å². The number of benzene rings is 3. The van der Waals surface area contributed by atoms with Crippen molar-refractivity contribution in [3.63, 3.8) is 0 Å². The van der Waals surface area contributed by atoms with E-state index in [1.54, 1.807) is 12.1 Å². The molecule has 0 bridgehead atoms. The fraction of sp³-hybridized carbons (Fsp3) is 0.111. The average Bonchev–Trinajstić information content (AvgIpc) is 2.60. The van der Waals surface area contributed by atoms with Crippen LogP contribution in [0.5, 0.6) is 5.75 Å². The topological polar surface area (TPSA) is 55.4 Å². The Labute approximate surface area is 149 Å². The highest BCUT2D eigenvalue weighted by Gasteiger charge is 2.20. The Morgan fingerprint density at radius 1 is 1.04 bits per heavy atom. The molecule has 3 aromatic rings. The Bertz CT molecular complexity index is 981. The zero-order chi connectivity index (χ0) is 17.2. The van der Waals surface area contributed by atoms with Gasteiger partial charge in [0.15, 0.2) is 0 Å². The fourth-order valence-corrected chi connectivity index (χ4v) is 4.27. The van der Waals surface area contributed by atoms with Crippen molar-refractivity contribution in [1.82, 2.24) is 4.72 Å². The number of sulfonamides is 1. The Balaban J connectivity index is 1.92. The Morgan fingerprint density at radius 3 is 2.58 bits per heavy atom. The summed E-state index contributed by atoms with van der Waals surface area (Å²) in [5.74, 6) is 0.309. The molecular formula is C18H16BrNO3S. The number of halogens is 1. The Morgan fingerprint density at radius 2 is 1.79 bits per heavy atom. The minimum absolute atomic E-state index is 0.111. The normalized spacial score (nSPS) is 11.6. The molecule has 0 aliphatic heterocycles. The van der Waals surface area contributed by atoms with Crippen LogP contribution in [-0.4, -0.2) is 15.5 Å². The van der Waals surface area contributed by atoms with Crippen LogP contribution in [0.4, 0.5) is 0 Å². The molecule has 0 unspecified atom stereocenters. The molecule has 0 fully saturated rings. The molecule has 4 nitrogen and oxygen atoms in total. The van der Waals surface area contributed by atoms with E-state index in [1.165, 1.54) is 13.2 Å². The highest BCUT2D eigenvalue weighted by atomic mass is 79.9. The largest absolute Gasteiger partial charge is 0.495 e. The minimum Gasteiger partial charge on any atom is -0.495 e. The standard InChI is InChI=1S/C18H16BrNO3S/c1-23-17-10-9-15(19)11-18(17)24(21,22)20-12-14-7-4-6-13-5-2-3-8-16(13)14/h2-11,20H,12H2,1H3. The Hall–Kier alpha value is -1.89. The van der Waals surface area contributed by atoms with Gasteiger partial charge in [0.25, 0.3) is 0 Å². The summed E-state index contributed by atoms with van der Waals surface area (Å²) < 4.78 is 33.8. The first-order valence-electron chi connectivity index (χ1n) is 7.31. The van der Waals surface area contributed by atoms with Gasteiger partial charge in [0.1, 0.15) is 10.6 Å². The average molecular weight is 406 g/mol. The number of nitrogens with one attached hydrogen (secondary N) is 1. The second kappa shape index (κ2) is 6.93. The summed E-state index contributed by atoms with van der Waals surface area (Å²) in [6, 6.07) is 18.6. The number of hydrogen-bond acceptors (Lipinski definition) is 3. The predicted molar refractivity (Wildman–Crippen MR) is 98.7 cm³/mol. The van der Waals surface area contributed by atoms with E-state index in [0.717, 1.165) is 16.3 Å². The van der Waals surface area contributed by atoms with Crippen LogP contribution in [0.3, 0.4) is 0 Å². The van der Waals surface area contributed by atoms with Gasteiger partial charge < -0.3 is 4.74 Å². The van der Waals surface area contributed by atoms with Crippen LogP contribution < -0.4 is 9.46 Å². The predicted octanol–water partition coefficient (Wildman–Crippen LogP) is 4.09. The number of fused-ring (bicyclic) bond motifs is 1. The number of methoxy groups -OCH3 is 1. The van der Waals surface area contributed by atoms with Gasteiger partial charge in [-0.05, 0) is 34.5 Å². The third-order valence-electron chi connectivity index (χ3n) is 3.75. The molecule has 0 heterocycles. The van der Waals surface area contributed by atoms with Gasteiger partial charge in [-0.2, -0.15) is 0 Å². The molecule has 0 amide bonds. The van der Waals surface area contributed by atoms with Crippen LogP contribution in [0.1, 0.15) is 5.56 Å². The van der Waals surface area contributed by atoms with Gasteiger partial charge in [0.2, 0.25) is 10.0 Å². The zero-order valence-electron chi connectivity index (χ0n) is 13.0. The second-order valence-corrected chi connectivity index (χ2v) is 7.91. The van der Waals surface area contributed by atoms with Crippen LogP contribution in [0.2, 0.25) is 0 Å². The molecule has 0 atom stereocenters. The van der Waals surface area contributed by atoms with Crippen molar-refractivity contribution < 1.29 is 13.2 Å². The lowest BCUT2D eigenvalue weighted by molar-refractivity contribution is 0.402. The van der Waals surface area contributed by atoms with Crippen molar-refractivity contribution in [3.05, 3.63) is 70.7 Å². The second-order valence-electron chi connectivity index (χ2n) is 5.26. The molecule has 1 N–H and O–H groups in total. The first-order chi connectivity index (χ1) is 11.5. The van der Waals surface area contributed by atoms with Crippen LogP contribution >= 0.6 is 15.9 Å². The Kier molecular flexibility index (Phi) is 4.89. The lowest BCUT2D eigenvalue weighted by Crippen LogP contribution is -2.24. The third-order valence-corrected chi connectivity index (χ3v) is 5.66. The van der Waals surface area contributed by atoms with E-state index in [-0.39, 0.29) is 11.4 Å². The summed E-state index contributed by atoms with van der Waals surface area (Å²) in [7, 11) is -2.25. The van der Waals surface area contributed by atoms with E-state index in [1.807, 2.05) is 42.5 Å². The lowest BCUT2D eigenvalue weighted by atomic mass is 10.1. The summed E-state index contributed by atoms with van der Waals surface area (Å²) in [6.07, 6.45) is 0. The van der Waals surface area contributed by atoms with E-state index >= 15 is 0 Å². The molecule has 0 aliphatic carbocycles. The van der Waals surface area contributed by atoms with Crippen LogP contribution in [0, 0.1) is 0 Å². The maximum absolute atomic E-state index is 12.7. The molecule has 3 rings (SSSR count). The summed E-state index contributed by atoms with van der Waals surface area (Å²) >= 11 is 3.30. The molecule has 0 radical (unpaired) electrons. The smallest absolute Gasteiger partial charge is 0.244 e. The molecule has 0 spiro atoms. The number of ether oxygens (including phenoxy) is 1. The van der Waals surface area contributed by atoms with E-state index in [4.69, 9.17) is 4.74 Å². The highest BCUT2D eigenvalue weighted by molar-refractivity contribution is 9.10. The van der Waals surface area contributed by atoms with Gasteiger partial charge in [-0.25, -0.2) is 13.1 Å². The molecule has 3 aromatic carbocycles. The quantitative estimate of drug-likeness (QED) is 0.695. The van der Waals surface area contributed by atoms with Gasteiger partial charge in [-0.3, -0.25) is 0 Å². The van der Waals surface area contributed by atoms with Crippen molar-refractivity contribution in [2.45, 2.75) is 11.4 Å². The van der Waals surface area contributed by atoms with E-state index in [2.05, 4.69) is 20.7 Å². The van der Waals surface area contributed by atoms with Gasteiger partial charge >= 0.3 is 0 Å². The van der Waals surface area contributed by atoms with E-state index < -0.39 is 10.0 Å². The first kappa shape index (κ1) is 17.0. The van der Waals surface area contributed by atoms with Crippen LogP contribution in [0.25, 0.3) is 10.8 Å².